The molecule has 0 atom stereocenters. The van der Waals surface area contributed by atoms with Crippen LogP contribution in [0.5, 0.6) is 5.88 Å². The molecule has 1 saturated heterocycles. The second kappa shape index (κ2) is 8.13. The Bertz CT molecular complexity index is 1230. The normalized spacial score (nSPS) is 19.3. The van der Waals surface area contributed by atoms with E-state index in [9.17, 15) is 13.6 Å². The molecule has 0 N–H and O–H groups in total. The lowest BCUT2D eigenvalue weighted by atomic mass is 9.80. The van der Waals surface area contributed by atoms with Crippen LogP contribution in [0, 0.1) is 5.92 Å². The zero-order valence-electron chi connectivity index (χ0n) is 18.3. The van der Waals surface area contributed by atoms with Gasteiger partial charge in [-0.05, 0) is 13.0 Å². The van der Waals surface area contributed by atoms with Crippen LogP contribution in [0.4, 0.5) is 14.6 Å². The lowest BCUT2D eigenvalue weighted by Gasteiger charge is -2.35. The molecule has 2 fully saturated rings. The highest BCUT2D eigenvalue weighted by Crippen LogP contribution is 2.43. The van der Waals surface area contributed by atoms with Gasteiger partial charge in [-0.15, -0.1) is 0 Å². The molecule has 0 spiro atoms. The molecule has 1 aliphatic carbocycles. The van der Waals surface area contributed by atoms with E-state index in [1.165, 1.54) is 6.33 Å². The van der Waals surface area contributed by atoms with Crippen LogP contribution < -0.4 is 4.74 Å². The third-order valence-corrected chi connectivity index (χ3v) is 6.09. The minimum atomic E-state index is -2.71. The number of aromatic nitrogens is 5. The molecule has 0 unspecified atom stereocenters. The molecule has 3 aromatic heterocycles. The van der Waals surface area contributed by atoms with Crippen molar-refractivity contribution in [3.8, 4) is 17.3 Å². The summed E-state index contributed by atoms with van der Waals surface area (Å²) in [6.45, 7) is 3.43. The number of imidazole rings is 1. The van der Waals surface area contributed by atoms with Crippen molar-refractivity contribution in [1.29, 1.82) is 0 Å². The first-order valence-electron chi connectivity index (χ1n) is 10.8. The number of ether oxygens (including phenoxy) is 1. The standard InChI is InChI=1S/C22H23F2N7O2/c1-3-31-19(13-4-5-16(33-2)25-10-13)29-17-18(26-12-27-20(17)31)28-15-6-7-30(11-15)21(32)14-8-22(23,24)9-14/h4-5,10,12,14H,3,6-9,11H2,1-2H3. The molecule has 5 rings (SSSR count). The van der Waals surface area contributed by atoms with Crippen LogP contribution in [0.1, 0.15) is 26.2 Å². The van der Waals surface area contributed by atoms with E-state index >= 15 is 0 Å². The lowest BCUT2D eigenvalue weighted by molar-refractivity contribution is -0.158. The number of likely N-dealkylation sites (tertiary alicyclic amines) is 1. The smallest absolute Gasteiger partial charge is 0.249 e. The van der Waals surface area contributed by atoms with Gasteiger partial charge in [0.2, 0.25) is 17.7 Å². The SMILES string of the molecule is CCn1c(-c2ccc(OC)nc2)nc2c(N=C3CCN(C(=O)C4CC(F)(F)C4)C3)ncnc21. The average molecular weight is 455 g/mol. The van der Waals surface area contributed by atoms with Crippen molar-refractivity contribution in [3.63, 3.8) is 0 Å². The summed E-state index contributed by atoms with van der Waals surface area (Å²) in [5.41, 5.74) is 2.79. The van der Waals surface area contributed by atoms with Crippen LogP contribution in [0.15, 0.2) is 29.6 Å². The lowest BCUT2D eigenvalue weighted by Crippen LogP contribution is -2.46. The predicted molar refractivity (Wildman–Crippen MR) is 117 cm³/mol. The molecule has 172 valence electrons. The van der Waals surface area contributed by atoms with Crippen LogP contribution in [0.3, 0.4) is 0 Å². The number of amides is 1. The van der Waals surface area contributed by atoms with E-state index in [-0.39, 0.29) is 18.7 Å². The molecule has 0 radical (unpaired) electrons. The summed E-state index contributed by atoms with van der Waals surface area (Å²) >= 11 is 0. The van der Waals surface area contributed by atoms with E-state index < -0.39 is 11.8 Å². The molecule has 1 amide bonds. The minimum Gasteiger partial charge on any atom is -0.481 e. The zero-order chi connectivity index (χ0) is 23.2. The summed E-state index contributed by atoms with van der Waals surface area (Å²) in [5.74, 6) is -1.89. The van der Waals surface area contributed by atoms with Gasteiger partial charge in [0.1, 0.15) is 12.2 Å². The molecule has 0 aromatic carbocycles. The van der Waals surface area contributed by atoms with Gasteiger partial charge in [0.15, 0.2) is 17.0 Å². The van der Waals surface area contributed by atoms with Crippen molar-refractivity contribution in [3.05, 3.63) is 24.7 Å². The first-order valence-corrected chi connectivity index (χ1v) is 10.8. The third-order valence-electron chi connectivity index (χ3n) is 6.09. The Morgan fingerprint density at radius 2 is 2.09 bits per heavy atom. The number of halogens is 2. The summed E-state index contributed by atoms with van der Waals surface area (Å²) in [7, 11) is 1.56. The Morgan fingerprint density at radius 1 is 1.27 bits per heavy atom. The molecule has 33 heavy (non-hydrogen) atoms. The Morgan fingerprint density at radius 3 is 2.76 bits per heavy atom. The van der Waals surface area contributed by atoms with Gasteiger partial charge in [-0.1, -0.05) is 0 Å². The molecule has 4 heterocycles. The molecule has 1 aliphatic heterocycles. The second-order valence-electron chi connectivity index (χ2n) is 8.29. The largest absolute Gasteiger partial charge is 0.481 e. The summed E-state index contributed by atoms with van der Waals surface area (Å²) < 4.78 is 33.4. The number of rotatable bonds is 5. The first-order chi connectivity index (χ1) is 15.9. The number of carbonyl (C=O) groups is 1. The van der Waals surface area contributed by atoms with Gasteiger partial charge in [0.05, 0.1) is 13.7 Å². The van der Waals surface area contributed by atoms with Gasteiger partial charge in [0.25, 0.3) is 0 Å². The maximum atomic E-state index is 13.1. The number of fused-ring (bicyclic) bond motifs is 1. The van der Waals surface area contributed by atoms with Crippen LogP contribution >= 0.6 is 0 Å². The third kappa shape index (κ3) is 3.91. The molecular formula is C22H23F2N7O2. The average Bonchev–Trinajstić information content (AvgIpc) is 3.42. The number of carbonyl (C=O) groups excluding carboxylic acids is 1. The highest BCUT2D eigenvalue weighted by atomic mass is 19.3. The molecule has 0 bridgehead atoms. The number of hydrogen-bond acceptors (Lipinski definition) is 7. The Labute approximate surface area is 188 Å². The summed E-state index contributed by atoms with van der Waals surface area (Å²) in [5, 5.41) is 0. The van der Waals surface area contributed by atoms with Crippen LogP contribution in [-0.4, -0.2) is 67.1 Å². The molecule has 2 aliphatic rings. The highest BCUT2D eigenvalue weighted by molar-refractivity contribution is 5.97. The molecule has 9 nitrogen and oxygen atoms in total. The molecular weight excluding hydrogens is 432 g/mol. The zero-order valence-corrected chi connectivity index (χ0v) is 18.3. The van der Waals surface area contributed by atoms with Gasteiger partial charge >= 0.3 is 0 Å². The quantitative estimate of drug-likeness (QED) is 0.586. The van der Waals surface area contributed by atoms with E-state index in [1.807, 2.05) is 17.6 Å². The monoisotopic (exact) mass is 455 g/mol. The second-order valence-corrected chi connectivity index (χ2v) is 8.29. The van der Waals surface area contributed by atoms with Gasteiger partial charge < -0.3 is 14.2 Å². The number of alkyl halides is 2. The van der Waals surface area contributed by atoms with Gasteiger partial charge in [-0.25, -0.2) is 33.7 Å². The van der Waals surface area contributed by atoms with E-state index in [2.05, 4.69) is 19.9 Å². The van der Waals surface area contributed by atoms with Gasteiger partial charge in [-0.3, -0.25) is 4.79 Å². The van der Waals surface area contributed by atoms with Crippen molar-refractivity contribution in [2.24, 2.45) is 10.9 Å². The van der Waals surface area contributed by atoms with Crippen LogP contribution in [0.2, 0.25) is 0 Å². The maximum Gasteiger partial charge on any atom is 0.249 e. The van der Waals surface area contributed by atoms with Crippen molar-refractivity contribution in [2.75, 3.05) is 20.2 Å². The number of aliphatic imine (C=N–C) groups is 1. The summed E-state index contributed by atoms with van der Waals surface area (Å²) in [4.78, 5) is 36.5. The fourth-order valence-corrected chi connectivity index (χ4v) is 4.33. The Kier molecular flexibility index (Phi) is 5.26. The highest BCUT2D eigenvalue weighted by Gasteiger charge is 2.50. The van der Waals surface area contributed by atoms with Crippen molar-refractivity contribution in [2.45, 2.75) is 38.7 Å². The van der Waals surface area contributed by atoms with E-state index in [0.29, 0.717) is 54.7 Å². The molecule has 11 heteroatoms. The summed E-state index contributed by atoms with van der Waals surface area (Å²) in [6.07, 6.45) is 2.98. The van der Waals surface area contributed by atoms with E-state index in [1.54, 1.807) is 24.3 Å². The molecule has 3 aromatic rings. The van der Waals surface area contributed by atoms with E-state index in [4.69, 9.17) is 9.72 Å². The first kappa shape index (κ1) is 21.4. The van der Waals surface area contributed by atoms with Crippen LogP contribution in [0.25, 0.3) is 22.6 Å². The van der Waals surface area contributed by atoms with Crippen molar-refractivity contribution in [1.82, 2.24) is 29.4 Å². The van der Waals surface area contributed by atoms with Gasteiger partial charge in [0, 0.05) is 61.8 Å². The minimum absolute atomic E-state index is 0.219. The maximum absolute atomic E-state index is 13.1. The fraction of sp³-hybridized carbons (Fsp3) is 0.455. The predicted octanol–water partition coefficient (Wildman–Crippen LogP) is 3.27. The molecule has 1 saturated carbocycles. The van der Waals surface area contributed by atoms with Crippen LogP contribution in [-0.2, 0) is 11.3 Å². The van der Waals surface area contributed by atoms with Gasteiger partial charge in [-0.2, -0.15) is 0 Å². The number of methoxy groups -OCH3 is 1. The van der Waals surface area contributed by atoms with E-state index in [0.717, 1.165) is 11.3 Å². The topological polar surface area (TPSA) is 98.4 Å². The fourth-order valence-electron chi connectivity index (χ4n) is 4.33. The van der Waals surface area contributed by atoms with Crippen molar-refractivity contribution >= 4 is 28.6 Å². The number of aryl methyl sites for hydroxylation is 1. The number of nitrogens with zero attached hydrogens (tertiary/aromatic N) is 7. The summed E-state index contributed by atoms with van der Waals surface area (Å²) in [6, 6.07) is 3.65. The van der Waals surface area contributed by atoms with Crippen molar-refractivity contribution < 1.29 is 18.3 Å². The Hall–Kier alpha value is -3.50. The number of hydrogen-bond donors (Lipinski definition) is 0. The Balaban J connectivity index is 1.42. The number of pyridine rings is 1.